The van der Waals surface area contributed by atoms with Gasteiger partial charge in [-0.05, 0) is 26.7 Å². The number of rotatable bonds is 6. The van der Waals surface area contributed by atoms with Crippen LogP contribution < -0.4 is 5.32 Å². The Balaban J connectivity index is 2.53. The van der Waals surface area contributed by atoms with Crippen LogP contribution in [-0.4, -0.2) is 21.2 Å². The fourth-order valence-corrected chi connectivity index (χ4v) is 1.96. The highest BCUT2D eigenvalue weighted by molar-refractivity contribution is 5.67. The molecule has 1 aromatic heterocycles. The van der Waals surface area contributed by atoms with Gasteiger partial charge in [0.25, 0.3) is 0 Å². The van der Waals surface area contributed by atoms with Crippen molar-refractivity contribution in [3.8, 4) is 0 Å². The van der Waals surface area contributed by atoms with Gasteiger partial charge >= 0.3 is 6.09 Å². The SMILES string of the molecule is CCC(CC)Cn1cncc1CNC(=O)OC(C)(C)C. The number of carbonyl (C=O) groups is 1. The Hall–Kier alpha value is -1.52. The van der Waals surface area contributed by atoms with Gasteiger partial charge < -0.3 is 14.6 Å². The van der Waals surface area contributed by atoms with Crippen LogP contribution in [0.4, 0.5) is 4.79 Å². The van der Waals surface area contributed by atoms with Crippen molar-refractivity contribution in [2.75, 3.05) is 0 Å². The Labute approximate surface area is 121 Å². The average molecular weight is 281 g/mol. The third-order valence-electron chi connectivity index (χ3n) is 3.22. The maximum Gasteiger partial charge on any atom is 0.407 e. The fourth-order valence-electron chi connectivity index (χ4n) is 1.96. The van der Waals surface area contributed by atoms with Gasteiger partial charge in [0, 0.05) is 12.7 Å². The van der Waals surface area contributed by atoms with Crippen LogP contribution in [-0.2, 0) is 17.8 Å². The van der Waals surface area contributed by atoms with E-state index in [9.17, 15) is 4.79 Å². The van der Waals surface area contributed by atoms with Crippen molar-refractivity contribution < 1.29 is 9.53 Å². The summed E-state index contributed by atoms with van der Waals surface area (Å²) in [5.41, 5.74) is 0.530. The first-order valence-electron chi connectivity index (χ1n) is 7.31. The summed E-state index contributed by atoms with van der Waals surface area (Å²) in [5, 5.41) is 2.77. The molecule has 5 nitrogen and oxygen atoms in total. The zero-order valence-corrected chi connectivity index (χ0v) is 13.3. The Morgan fingerprint density at radius 1 is 1.40 bits per heavy atom. The standard InChI is InChI=1S/C15H27N3O2/c1-6-12(7-2)10-18-11-16-8-13(18)9-17-14(19)20-15(3,4)5/h8,11-12H,6-7,9-10H2,1-5H3,(H,17,19). The Morgan fingerprint density at radius 3 is 2.60 bits per heavy atom. The lowest BCUT2D eigenvalue weighted by molar-refractivity contribution is 0.0522. The second-order valence-corrected chi connectivity index (χ2v) is 6.08. The first-order valence-corrected chi connectivity index (χ1v) is 7.31. The van der Waals surface area contributed by atoms with Crippen molar-refractivity contribution in [3.05, 3.63) is 18.2 Å². The number of nitrogens with zero attached hydrogens (tertiary/aromatic N) is 2. The molecule has 0 fully saturated rings. The van der Waals surface area contributed by atoms with Crippen LogP contribution in [0.1, 0.15) is 53.2 Å². The molecule has 0 radical (unpaired) electrons. The molecule has 0 aromatic carbocycles. The summed E-state index contributed by atoms with van der Waals surface area (Å²) in [6, 6.07) is 0. The third kappa shape index (κ3) is 5.63. The molecule has 1 rings (SSSR count). The maximum atomic E-state index is 11.6. The topological polar surface area (TPSA) is 56.2 Å². The molecule has 0 atom stereocenters. The molecule has 0 unspecified atom stereocenters. The van der Waals surface area contributed by atoms with Crippen LogP contribution in [0.2, 0.25) is 0 Å². The predicted molar refractivity (Wildman–Crippen MR) is 79.4 cm³/mol. The van der Waals surface area contributed by atoms with E-state index in [0.29, 0.717) is 12.5 Å². The summed E-state index contributed by atoms with van der Waals surface area (Å²) < 4.78 is 7.33. The monoisotopic (exact) mass is 281 g/mol. The van der Waals surface area contributed by atoms with E-state index in [0.717, 1.165) is 25.1 Å². The van der Waals surface area contributed by atoms with Gasteiger partial charge in [0.1, 0.15) is 5.60 Å². The van der Waals surface area contributed by atoms with Crippen LogP contribution in [0, 0.1) is 5.92 Å². The maximum absolute atomic E-state index is 11.6. The van der Waals surface area contributed by atoms with Crippen LogP contribution in [0.3, 0.4) is 0 Å². The average Bonchev–Trinajstić information content (AvgIpc) is 2.78. The van der Waals surface area contributed by atoms with Gasteiger partial charge in [0.2, 0.25) is 0 Å². The van der Waals surface area contributed by atoms with Crippen LogP contribution in [0.25, 0.3) is 0 Å². The molecular formula is C15H27N3O2. The lowest BCUT2D eigenvalue weighted by Crippen LogP contribution is -2.32. The van der Waals surface area contributed by atoms with E-state index in [1.54, 1.807) is 6.20 Å². The smallest absolute Gasteiger partial charge is 0.407 e. The third-order valence-corrected chi connectivity index (χ3v) is 3.22. The first kappa shape index (κ1) is 16.5. The number of hydrogen-bond acceptors (Lipinski definition) is 3. The molecule has 5 heteroatoms. The predicted octanol–water partition coefficient (Wildman–Crippen LogP) is 3.34. The number of alkyl carbamates (subject to hydrolysis) is 1. The normalized spacial score (nSPS) is 11.7. The van der Waals surface area contributed by atoms with E-state index >= 15 is 0 Å². The van der Waals surface area contributed by atoms with E-state index in [4.69, 9.17) is 4.74 Å². The molecule has 0 bridgehead atoms. The minimum Gasteiger partial charge on any atom is -0.444 e. The molecule has 1 N–H and O–H groups in total. The highest BCUT2D eigenvalue weighted by Crippen LogP contribution is 2.13. The Kier molecular flexibility index (Phi) is 6.05. The van der Waals surface area contributed by atoms with Crippen molar-refractivity contribution in [3.63, 3.8) is 0 Å². The van der Waals surface area contributed by atoms with Gasteiger partial charge in [-0.2, -0.15) is 0 Å². The van der Waals surface area contributed by atoms with E-state index in [1.165, 1.54) is 0 Å². The summed E-state index contributed by atoms with van der Waals surface area (Å²) >= 11 is 0. The Morgan fingerprint density at radius 2 is 2.05 bits per heavy atom. The molecule has 0 saturated heterocycles. The van der Waals surface area contributed by atoms with Crippen molar-refractivity contribution >= 4 is 6.09 Å². The number of aromatic nitrogens is 2. The van der Waals surface area contributed by atoms with Gasteiger partial charge in [-0.3, -0.25) is 0 Å². The number of nitrogens with one attached hydrogen (secondary N) is 1. The van der Waals surface area contributed by atoms with Crippen molar-refractivity contribution in [2.24, 2.45) is 5.92 Å². The highest BCUT2D eigenvalue weighted by Gasteiger charge is 2.16. The molecule has 1 heterocycles. The van der Waals surface area contributed by atoms with E-state index < -0.39 is 11.7 Å². The molecule has 0 spiro atoms. The van der Waals surface area contributed by atoms with Crippen LogP contribution in [0.15, 0.2) is 12.5 Å². The summed E-state index contributed by atoms with van der Waals surface area (Å²) in [6.45, 7) is 11.3. The summed E-state index contributed by atoms with van der Waals surface area (Å²) in [7, 11) is 0. The van der Waals surface area contributed by atoms with Gasteiger partial charge in [-0.1, -0.05) is 26.7 Å². The van der Waals surface area contributed by atoms with Crippen molar-refractivity contribution in [1.82, 2.24) is 14.9 Å². The second-order valence-electron chi connectivity index (χ2n) is 6.08. The quantitative estimate of drug-likeness (QED) is 0.870. The van der Waals surface area contributed by atoms with E-state index in [-0.39, 0.29) is 0 Å². The molecule has 0 saturated carbocycles. The molecule has 1 amide bonds. The molecule has 0 aliphatic heterocycles. The zero-order valence-electron chi connectivity index (χ0n) is 13.3. The number of amides is 1. The number of carbonyl (C=O) groups excluding carboxylic acids is 1. The summed E-state index contributed by atoms with van der Waals surface area (Å²) in [5.74, 6) is 0.643. The van der Waals surface area contributed by atoms with Crippen molar-refractivity contribution in [1.29, 1.82) is 0 Å². The number of ether oxygens (including phenoxy) is 1. The van der Waals surface area contributed by atoms with Gasteiger partial charge in [0.15, 0.2) is 0 Å². The molecule has 0 aliphatic carbocycles. The van der Waals surface area contributed by atoms with Crippen LogP contribution in [0.5, 0.6) is 0 Å². The largest absolute Gasteiger partial charge is 0.444 e. The van der Waals surface area contributed by atoms with E-state index in [2.05, 4.69) is 28.7 Å². The summed E-state index contributed by atoms with van der Waals surface area (Å²) in [4.78, 5) is 15.8. The molecule has 20 heavy (non-hydrogen) atoms. The lowest BCUT2D eigenvalue weighted by Gasteiger charge is -2.20. The van der Waals surface area contributed by atoms with Crippen molar-refractivity contribution in [2.45, 2.75) is 66.2 Å². The fraction of sp³-hybridized carbons (Fsp3) is 0.733. The minimum atomic E-state index is -0.472. The number of hydrogen-bond donors (Lipinski definition) is 1. The van der Waals surface area contributed by atoms with E-state index in [1.807, 2.05) is 27.1 Å². The van der Waals surface area contributed by atoms with Gasteiger partial charge in [0.05, 0.1) is 18.6 Å². The molecule has 0 aliphatic rings. The summed E-state index contributed by atoms with van der Waals surface area (Å²) in [6.07, 6.45) is 5.51. The van der Waals surface area contributed by atoms with Crippen LogP contribution >= 0.6 is 0 Å². The van der Waals surface area contributed by atoms with Gasteiger partial charge in [-0.25, -0.2) is 9.78 Å². The second kappa shape index (κ2) is 7.31. The first-order chi connectivity index (χ1) is 9.35. The molecule has 114 valence electrons. The van der Waals surface area contributed by atoms with Gasteiger partial charge in [-0.15, -0.1) is 0 Å². The lowest BCUT2D eigenvalue weighted by atomic mass is 10.0. The highest BCUT2D eigenvalue weighted by atomic mass is 16.6. The zero-order chi connectivity index (χ0) is 15.2. The minimum absolute atomic E-state index is 0.396. The number of imidazole rings is 1. The molecule has 1 aromatic rings. The Bertz CT molecular complexity index is 417. The molecular weight excluding hydrogens is 254 g/mol.